The Kier molecular flexibility index (Phi) is 10.6. The van der Waals surface area contributed by atoms with Crippen LogP contribution in [-0.2, 0) is 24.0 Å². The van der Waals surface area contributed by atoms with E-state index < -0.39 is 12.1 Å². The molecule has 0 radical (unpaired) electrons. The lowest BCUT2D eigenvalue weighted by atomic mass is 10.3. The van der Waals surface area contributed by atoms with Crippen molar-refractivity contribution in [1.82, 2.24) is 0 Å². The monoisotopic (exact) mass is 262 g/mol. The lowest BCUT2D eigenvalue weighted by molar-refractivity contribution is -0.249. The predicted molar refractivity (Wildman–Crippen MR) is 60.6 cm³/mol. The average molecular weight is 262 g/mol. The van der Waals surface area contributed by atoms with Gasteiger partial charge in [-0.1, -0.05) is 19.8 Å². The third-order valence-electron chi connectivity index (χ3n) is 1.71. The van der Waals surface area contributed by atoms with Crippen LogP contribution in [0.4, 0.5) is 4.79 Å². The number of hydrogen-bond acceptors (Lipinski definition) is 6. The molecular weight excluding hydrogens is 244 g/mol. The summed E-state index contributed by atoms with van der Waals surface area (Å²) < 4.78 is 8.72. The summed E-state index contributed by atoms with van der Waals surface area (Å²) >= 11 is 0. The number of unbranched alkanes of at least 4 members (excludes halogenated alkanes) is 2. The summed E-state index contributed by atoms with van der Waals surface area (Å²) in [5.74, 6) is -0.666. The van der Waals surface area contributed by atoms with Gasteiger partial charge in [0, 0.05) is 0 Å². The summed E-state index contributed by atoms with van der Waals surface area (Å²) in [5.41, 5.74) is 0. The number of carbonyl (C=O) groups is 2. The Morgan fingerprint density at radius 1 is 1.11 bits per heavy atom. The molecule has 7 nitrogen and oxygen atoms in total. The van der Waals surface area contributed by atoms with E-state index >= 15 is 0 Å². The van der Waals surface area contributed by atoms with Crippen molar-refractivity contribution in [3.05, 3.63) is 12.3 Å². The molecule has 0 saturated heterocycles. The van der Waals surface area contributed by atoms with Crippen LogP contribution in [0.2, 0.25) is 0 Å². The second kappa shape index (κ2) is 11.7. The fourth-order valence-corrected chi connectivity index (χ4v) is 0.901. The Labute approximate surface area is 105 Å². The average Bonchev–Trinajstić information content (AvgIpc) is 2.33. The van der Waals surface area contributed by atoms with E-state index in [4.69, 9.17) is 9.99 Å². The molecule has 104 valence electrons. The van der Waals surface area contributed by atoms with Crippen LogP contribution >= 0.6 is 0 Å². The van der Waals surface area contributed by atoms with Gasteiger partial charge in [0.25, 0.3) is 0 Å². The molecule has 1 N–H and O–H groups in total. The molecule has 0 aliphatic rings. The van der Waals surface area contributed by atoms with E-state index in [0.717, 1.165) is 31.6 Å². The van der Waals surface area contributed by atoms with E-state index in [0.29, 0.717) is 6.61 Å². The first-order valence-corrected chi connectivity index (χ1v) is 5.64. The number of esters is 1. The van der Waals surface area contributed by atoms with Crippen molar-refractivity contribution in [3.8, 4) is 0 Å². The number of ether oxygens (including phenoxy) is 2. The summed E-state index contributed by atoms with van der Waals surface area (Å²) in [4.78, 5) is 30.3. The summed E-state index contributed by atoms with van der Waals surface area (Å²) in [6.07, 6.45) is 3.71. The van der Waals surface area contributed by atoms with Gasteiger partial charge in [0.2, 0.25) is 0 Å². The summed E-state index contributed by atoms with van der Waals surface area (Å²) in [5, 5.41) is 8.13. The van der Waals surface area contributed by atoms with Gasteiger partial charge in [-0.15, -0.1) is 0 Å². The second-order valence-electron chi connectivity index (χ2n) is 3.21. The van der Waals surface area contributed by atoms with Gasteiger partial charge in [-0.3, -0.25) is 0 Å². The molecule has 0 aliphatic carbocycles. The predicted octanol–water partition coefficient (Wildman–Crippen LogP) is 1.88. The second-order valence-corrected chi connectivity index (χ2v) is 3.21. The lowest BCUT2D eigenvalue weighted by Gasteiger charge is -2.01. The molecule has 0 rings (SSSR count). The molecule has 0 aliphatic heterocycles. The highest BCUT2D eigenvalue weighted by Crippen LogP contribution is 1.94. The van der Waals surface area contributed by atoms with E-state index in [-0.39, 0.29) is 13.2 Å². The van der Waals surface area contributed by atoms with Gasteiger partial charge in [0.05, 0.1) is 12.7 Å². The van der Waals surface area contributed by atoms with Gasteiger partial charge in [0.15, 0.2) is 0 Å². The van der Waals surface area contributed by atoms with Crippen LogP contribution in [0.25, 0.3) is 0 Å². The first-order valence-electron chi connectivity index (χ1n) is 5.64. The lowest BCUT2D eigenvalue weighted by Crippen LogP contribution is -2.11. The molecule has 18 heavy (non-hydrogen) atoms. The van der Waals surface area contributed by atoms with Crippen LogP contribution in [0.1, 0.15) is 26.2 Å². The topological polar surface area (TPSA) is 91.3 Å². The fourth-order valence-electron chi connectivity index (χ4n) is 0.901. The Hall–Kier alpha value is -1.76. The van der Waals surface area contributed by atoms with Gasteiger partial charge in [-0.2, -0.15) is 4.89 Å². The molecule has 0 aromatic heterocycles. The largest absolute Gasteiger partial charge is 0.505 e. The molecule has 0 atom stereocenters. The number of carbonyl (C=O) groups excluding carboxylic acids is 1. The van der Waals surface area contributed by atoms with Crippen molar-refractivity contribution in [3.63, 3.8) is 0 Å². The quantitative estimate of drug-likeness (QED) is 0.160. The Morgan fingerprint density at radius 2 is 1.83 bits per heavy atom. The number of rotatable bonds is 10. The van der Waals surface area contributed by atoms with E-state index in [9.17, 15) is 9.59 Å². The van der Waals surface area contributed by atoms with Crippen molar-refractivity contribution >= 4 is 12.1 Å². The van der Waals surface area contributed by atoms with Crippen LogP contribution in [0.3, 0.4) is 0 Å². The van der Waals surface area contributed by atoms with E-state index in [1.807, 2.05) is 0 Å². The van der Waals surface area contributed by atoms with Crippen molar-refractivity contribution in [2.75, 3.05) is 19.8 Å². The zero-order valence-corrected chi connectivity index (χ0v) is 10.3. The third kappa shape index (κ3) is 12.3. The number of carboxylic acid groups (broad SMARTS) is 1. The Bertz CT molecular complexity index is 262. The third-order valence-corrected chi connectivity index (χ3v) is 1.71. The van der Waals surface area contributed by atoms with Crippen molar-refractivity contribution in [2.24, 2.45) is 0 Å². The maximum absolute atomic E-state index is 11.0. The van der Waals surface area contributed by atoms with Crippen LogP contribution in [-0.4, -0.2) is 37.1 Å². The summed E-state index contributed by atoms with van der Waals surface area (Å²) in [6, 6.07) is 0. The maximum atomic E-state index is 11.0. The Balaban J connectivity index is 3.36. The molecule has 7 heteroatoms. The SMILES string of the molecule is CCCCCOOC=CC(=O)OCCOC(=O)O. The summed E-state index contributed by atoms with van der Waals surface area (Å²) in [6.45, 7) is 2.18. The molecule has 0 aromatic carbocycles. The standard InChI is InChI=1S/C11H18O7/c1-2-3-4-6-17-18-7-5-10(12)15-8-9-16-11(13)14/h5,7H,2-4,6,8-9H2,1H3,(H,13,14). The molecule has 0 fully saturated rings. The minimum absolute atomic E-state index is 0.146. The minimum Gasteiger partial charge on any atom is -0.459 e. The molecule has 0 heterocycles. The van der Waals surface area contributed by atoms with E-state index in [2.05, 4.69) is 21.3 Å². The van der Waals surface area contributed by atoms with Crippen LogP contribution in [0.5, 0.6) is 0 Å². The van der Waals surface area contributed by atoms with Crippen molar-refractivity contribution < 1.29 is 33.9 Å². The molecule has 0 spiro atoms. The highest BCUT2D eigenvalue weighted by atomic mass is 17.2. The van der Waals surface area contributed by atoms with Gasteiger partial charge in [0.1, 0.15) is 19.5 Å². The molecule has 0 saturated carbocycles. The molecule has 0 aromatic rings. The Morgan fingerprint density at radius 3 is 2.50 bits per heavy atom. The fraction of sp³-hybridized carbons (Fsp3) is 0.636. The van der Waals surface area contributed by atoms with E-state index in [1.165, 1.54) is 0 Å². The normalized spacial score (nSPS) is 10.3. The molecular formula is C11H18O7. The van der Waals surface area contributed by atoms with E-state index in [1.54, 1.807) is 0 Å². The highest BCUT2D eigenvalue weighted by Gasteiger charge is 1.99. The van der Waals surface area contributed by atoms with Crippen molar-refractivity contribution in [1.29, 1.82) is 0 Å². The zero-order chi connectivity index (χ0) is 13.6. The van der Waals surface area contributed by atoms with Crippen LogP contribution in [0, 0.1) is 0 Å². The summed E-state index contributed by atoms with van der Waals surface area (Å²) in [7, 11) is 0. The maximum Gasteiger partial charge on any atom is 0.505 e. The zero-order valence-electron chi connectivity index (χ0n) is 10.3. The van der Waals surface area contributed by atoms with Gasteiger partial charge in [-0.05, 0) is 6.42 Å². The molecule has 0 amide bonds. The minimum atomic E-state index is -1.41. The van der Waals surface area contributed by atoms with Crippen LogP contribution in [0.15, 0.2) is 12.3 Å². The highest BCUT2D eigenvalue weighted by molar-refractivity contribution is 5.81. The van der Waals surface area contributed by atoms with Gasteiger partial charge in [-0.25, -0.2) is 9.59 Å². The first-order chi connectivity index (χ1) is 8.66. The molecule has 0 unspecified atom stereocenters. The van der Waals surface area contributed by atoms with Gasteiger partial charge < -0.3 is 19.5 Å². The first kappa shape index (κ1) is 16.2. The van der Waals surface area contributed by atoms with Crippen molar-refractivity contribution in [2.45, 2.75) is 26.2 Å². The molecule has 0 bridgehead atoms. The smallest absolute Gasteiger partial charge is 0.459 e. The van der Waals surface area contributed by atoms with Gasteiger partial charge >= 0.3 is 12.1 Å². The van der Waals surface area contributed by atoms with Crippen LogP contribution < -0.4 is 0 Å². The number of hydrogen-bond donors (Lipinski definition) is 1.